The molecule has 3 nitrogen and oxygen atoms in total. The molecule has 1 aliphatic rings. The molecule has 1 aliphatic heterocycles. The topological polar surface area (TPSA) is 49.5 Å². The van der Waals surface area contributed by atoms with Crippen LogP contribution in [0.5, 0.6) is 0 Å². The fourth-order valence-corrected chi connectivity index (χ4v) is 2.77. The zero-order chi connectivity index (χ0) is 13.7. The van der Waals surface area contributed by atoms with E-state index in [9.17, 15) is 0 Å². The van der Waals surface area contributed by atoms with Crippen LogP contribution in [0, 0.1) is 0 Å². The molecule has 106 valence electrons. The fraction of sp³-hybridized carbons (Fsp3) is 0.625. The van der Waals surface area contributed by atoms with Crippen LogP contribution in [0.4, 0.5) is 5.69 Å². The Bertz CT molecular complexity index is 404. The van der Waals surface area contributed by atoms with Crippen molar-refractivity contribution in [2.45, 2.75) is 45.1 Å². The molecule has 1 aromatic rings. The van der Waals surface area contributed by atoms with Gasteiger partial charge in [-0.05, 0) is 43.4 Å². The second-order valence-electron chi connectivity index (χ2n) is 5.55. The summed E-state index contributed by atoms with van der Waals surface area (Å²) in [5.41, 5.74) is 10.0. The average molecular weight is 262 g/mol. The van der Waals surface area contributed by atoms with Gasteiger partial charge >= 0.3 is 0 Å². The van der Waals surface area contributed by atoms with E-state index in [1.165, 1.54) is 29.7 Å². The first-order valence-corrected chi connectivity index (χ1v) is 7.46. The highest BCUT2D eigenvalue weighted by Gasteiger charge is 2.19. The first-order chi connectivity index (χ1) is 9.22. The van der Waals surface area contributed by atoms with Crippen molar-refractivity contribution in [3.05, 3.63) is 29.3 Å². The van der Waals surface area contributed by atoms with Crippen LogP contribution in [0.3, 0.4) is 0 Å². The molecular weight excluding hydrogens is 236 g/mol. The molecule has 0 saturated carbocycles. The van der Waals surface area contributed by atoms with Gasteiger partial charge in [-0.15, -0.1) is 0 Å². The van der Waals surface area contributed by atoms with Crippen LogP contribution in [-0.4, -0.2) is 24.8 Å². The van der Waals surface area contributed by atoms with Crippen LogP contribution in [0.1, 0.15) is 49.8 Å². The number of unbranched alkanes of at least 4 members (excludes halogenated alkanes) is 3. The Morgan fingerprint density at radius 2 is 2.05 bits per heavy atom. The molecule has 0 bridgehead atoms. The number of benzene rings is 1. The molecule has 2 rings (SSSR count). The number of fused-ring (bicyclic) bond motifs is 1. The number of anilines is 1. The minimum absolute atomic E-state index is 0.123. The van der Waals surface area contributed by atoms with Crippen LogP contribution in [0.15, 0.2) is 18.2 Å². The predicted octanol–water partition coefficient (Wildman–Crippen LogP) is 2.62. The Labute approximate surface area is 116 Å². The van der Waals surface area contributed by atoms with Crippen LogP contribution >= 0.6 is 0 Å². The van der Waals surface area contributed by atoms with Crippen molar-refractivity contribution in [3.63, 3.8) is 0 Å². The van der Waals surface area contributed by atoms with Crippen molar-refractivity contribution < 1.29 is 5.11 Å². The lowest BCUT2D eigenvalue weighted by molar-refractivity contribution is 0.282. The fourth-order valence-electron chi connectivity index (χ4n) is 2.77. The van der Waals surface area contributed by atoms with E-state index in [0.717, 1.165) is 32.4 Å². The van der Waals surface area contributed by atoms with Gasteiger partial charge < -0.3 is 15.7 Å². The molecule has 1 heterocycles. The molecule has 19 heavy (non-hydrogen) atoms. The molecule has 1 unspecified atom stereocenters. The van der Waals surface area contributed by atoms with Crippen molar-refractivity contribution in [2.24, 2.45) is 5.73 Å². The first kappa shape index (κ1) is 14.4. The summed E-state index contributed by atoms with van der Waals surface area (Å²) in [4.78, 5) is 2.49. The Morgan fingerprint density at radius 1 is 1.26 bits per heavy atom. The quantitative estimate of drug-likeness (QED) is 0.743. The van der Waals surface area contributed by atoms with Gasteiger partial charge in [0.05, 0.1) is 0 Å². The van der Waals surface area contributed by atoms with E-state index in [4.69, 9.17) is 10.8 Å². The maximum Gasteiger partial charge on any atom is 0.0431 e. The Kier molecular flexibility index (Phi) is 5.23. The number of hydrogen-bond acceptors (Lipinski definition) is 3. The lowest BCUT2D eigenvalue weighted by Crippen LogP contribution is -2.21. The second kappa shape index (κ2) is 6.92. The third-order valence-electron chi connectivity index (χ3n) is 3.96. The maximum atomic E-state index is 8.76. The number of aliphatic hydroxyl groups is 1. The summed E-state index contributed by atoms with van der Waals surface area (Å²) in [7, 11) is 0. The summed E-state index contributed by atoms with van der Waals surface area (Å²) in [5.74, 6) is 0. The predicted molar refractivity (Wildman–Crippen MR) is 80.5 cm³/mol. The Hall–Kier alpha value is -1.06. The molecule has 1 aromatic carbocycles. The third-order valence-corrected chi connectivity index (χ3v) is 3.96. The molecular formula is C16H26N2O. The molecule has 0 radical (unpaired) electrons. The highest BCUT2D eigenvalue weighted by Crippen LogP contribution is 2.30. The van der Waals surface area contributed by atoms with Gasteiger partial charge in [0, 0.05) is 31.4 Å². The Balaban J connectivity index is 1.87. The van der Waals surface area contributed by atoms with E-state index in [2.05, 4.69) is 23.1 Å². The summed E-state index contributed by atoms with van der Waals surface area (Å²) in [6, 6.07) is 6.78. The van der Waals surface area contributed by atoms with E-state index in [0.29, 0.717) is 6.61 Å². The number of nitrogens with two attached hydrogens (primary N) is 1. The molecule has 1 atom stereocenters. The molecule has 0 aromatic heterocycles. The highest BCUT2D eigenvalue weighted by molar-refractivity contribution is 5.59. The molecule has 0 spiro atoms. The minimum atomic E-state index is 0.123. The standard InChI is InChI=1S/C16H26N2O/c1-13(17)14-6-7-16-15(12-14)8-10-18(16)9-4-2-3-5-11-19/h6-7,12-13,19H,2-5,8-11,17H2,1H3. The van der Waals surface area contributed by atoms with E-state index in [1.54, 1.807) is 0 Å². The molecule has 0 aliphatic carbocycles. The first-order valence-electron chi connectivity index (χ1n) is 7.46. The van der Waals surface area contributed by atoms with Crippen molar-refractivity contribution in [2.75, 3.05) is 24.6 Å². The van der Waals surface area contributed by atoms with Gasteiger partial charge in [0.2, 0.25) is 0 Å². The smallest absolute Gasteiger partial charge is 0.0431 e. The molecule has 3 heteroatoms. The Morgan fingerprint density at radius 3 is 2.79 bits per heavy atom. The largest absolute Gasteiger partial charge is 0.396 e. The zero-order valence-electron chi connectivity index (χ0n) is 11.9. The summed E-state index contributed by atoms with van der Waals surface area (Å²) in [6.45, 7) is 4.63. The van der Waals surface area contributed by atoms with Crippen LogP contribution in [-0.2, 0) is 6.42 Å². The van der Waals surface area contributed by atoms with Gasteiger partial charge in [0.15, 0.2) is 0 Å². The zero-order valence-corrected chi connectivity index (χ0v) is 11.9. The van der Waals surface area contributed by atoms with Gasteiger partial charge in [0.25, 0.3) is 0 Å². The van der Waals surface area contributed by atoms with Gasteiger partial charge in [-0.1, -0.05) is 25.0 Å². The summed E-state index contributed by atoms with van der Waals surface area (Å²) in [6.07, 6.45) is 5.65. The number of aliphatic hydroxyl groups excluding tert-OH is 1. The highest BCUT2D eigenvalue weighted by atomic mass is 16.2. The van der Waals surface area contributed by atoms with Crippen molar-refractivity contribution in [3.8, 4) is 0 Å². The maximum absolute atomic E-state index is 8.76. The van der Waals surface area contributed by atoms with Gasteiger partial charge in [-0.25, -0.2) is 0 Å². The van der Waals surface area contributed by atoms with Crippen LogP contribution in [0.25, 0.3) is 0 Å². The minimum Gasteiger partial charge on any atom is -0.396 e. The molecule has 0 fully saturated rings. The van der Waals surface area contributed by atoms with E-state index in [-0.39, 0.29) is 6.04 Å². The van der Waals surface area contributed by atoms with Crippen molar-refractivity contribution in [1.82, 2.24) is 0 Å². The summed E-state index contributed by atoms with van der Waals surface area (Å²) in [5, 5.41) is 8.76. The van der Waals surface area contributed by atoms with Gasteiger partial charge in [0.1, 0.15) is 0 Å². The SMILES string of the molecule is CC(N)c1ccc2c(c1)CCN2CCCCCCO. The van der Waals surface area contributed by atoms with E-state index < -0.39 is 0 Å². The van der Waals surface area contributed by atoms with Crippen molar-refractivity contribution in [1.29, 1.82) is 0 Å². The van der Waals surface area contributed by atoms with Crippen LogP contribution < -0.4 is 10.6 Å². The molecule has 3 N–H and O–H groups in total. The normalized spacial score (nSPS) is 15.6. The van der Waals surface area contributed by atoms with Gasteiger partial charge in [-0.3, -0.25) is 0 Å². The summed E-state index contributed by atoms with van der Waals surface area (Å²) < 4.78 is 0. The number of rotatable bonds is 7. The lowest BCUT2D eigenvalue weighted by Gasteiger charge is -2.19. The molecule has 0 saturated heterocycles. The van der Waals surface area contributed by atoms with Crippen molar-refractivity contribution >= 4 is 5.69 Å². The van der Waals surface area contributed by atoms with E-state index >= 15 is 0 Å². The monoisotopic (exact) mass is 262 g/mol. The van der Waals surface area contributed by atoms with Crippen LogP contribution in [0.2, 0.25) is 0 Å². The lowest BCUT2D eigenvalue weighted by atomic mass is 10.0. The molecule has 0 amide bonds. The average Bonchev–Trinajstić information content (AvgIpc) is 2.81. The summed E-state index contributed by atoms with van der Waals surface area (Å²) >= 11 is 0. The number of hydrogen-bond donors (Lipinski definition) is 2. The number of nitrogens with zero attached hydrogens (tertiary/aromatic N) is 1. The second-order valence-corrected chi connectivity index (χ2v) is 5.55. The van der Waals surface area contributed by atoms with Gasteiger partial charge in [-0.2, -0.15) is 0 Å². The third kappa shape index (κ3) is 3.71. The van der Waals surface area contributed by atoms with E-state index in [1.807, 2.05) is 6.92 Å².